The fourth-order valence-corrected chi connectivity index (χ4v) is 4.87. The van der Waals surface area contributed by atoms with Crippen LogP contribution in [0, 0.1) is 0 Å². The highest BCUT2D eigenvalue weighted by molar-refractivity contribution is 5.87. The molecule has 1 heterocycles. The van der Waals surface area contributed by atoms with E-state index in [0.29, 0.717) is 0 Å². The molecular weight excluding hydrogens is 400 g/mol. The van der Waals surface area contributed by atoms with E-state index in [-0.39, 0.29) is 10.8 Å². The number of nitrogens with one attached hydrogen (secondary N) is 1. The van der Waals surface area contributed by atoms with Gasteiger partial charge >= 0.3 is 0 Å². The number of hydrogen-bond donors (Lipinski definition) is 1. The van der Waals surface area contributed by atoms with Crippen LogP contribution in [0.3, 0.4) is 0 Å². The Balaban J connectivity index is 1.59. The molecule has 0 aliphatic carbocycles. The molecule has 2 nitrogen and oxygen atoms in total. The average Bonchev–Trinajstić information content (AvgIpc) is 2.80. The summed E-state index contributed by atoms with van der Waals surface area (Å²) >= 11 is 0. The SMILES string of the molecule is CC(C)(C)c1ccc(Nc2ccc3c(c2)N(c2ccccc2)c2ccccc2C3(C)C)cc1. The number of para-hydroxylation sites is 2. The second kappa shape index (κ2) is 7.81. The highest BCUT2D eigenvalue weighted by atomic mass is 15.2. The minimum Gasteiger partial charge on any atom is -0.355 e. The first kappa shape index (κ1) is 21.3. The Labute approximate surface area is 197 Å². The van der Waals surface area contributed by atoms with E-state index >= 15 is 0 Å². The topological polar surface area (TPSA) is 15.3 Å². The quantitative estimate of drug-likeness (QED) is 0.348. The van der Waals surface area contributed by atoms with Crippen molar-refractivity contribution in [2.45, 2.75) is 45.4 Å². The van der Waals surface area contributed by atoms with Gasteiger partial charge in [-0.15, -0.1) is 0 Å². The standard InChI is InChI=1S/C31H32N2/c1-30(2,3)22-15-17-23(18-16-22)32-24-19-20-27-29(21-24)33(25-11-7-6-8-12-25)28-14-10-9-13-26(28)31(27,4)5/h6-21,32H,1-5H3. The van der Waals surface area contributed by atoms with Gasteiger partial charge in [0.05, 0.1) is 11.4 Å². The summed E-state index contributed by atoms with van der Waals surface area (Å²) in [6.45, 7) is 11.4. The third-order valence-corrected chi connectivity index (χ3v) is 6.78. The Morgan fingerprint density at radius 1 is 0.636 bits per heavy atom. The van der Waals surface area contributed by atoms with Crippen LogP contribution in [0.25, 0.3) is 0 Å². The van der Waals surface area contributed by atoms with Gasteiger partial charge in [0.1, 0.15) is 0 Å². The smallest absolute Gasteiger partial charge is 0.0523 e. The summed E-state index contributed by atoms with van der Waals surface area (Å²) in [5, 5.41) is 3.63. The van der Waals surface area contributed by atoms with Crippen LogP contribution in [-0.2, 0) is 10.8 Å². The van der Waals surface area contributed by atoms with Gasteiger partial charge < -0.3 is 10.2 Å². The molecule has 0 amide bonds. The van der Waals surface area contributed by atoms with Crippen molar-refractivity contribution in [3.05, 3.63) is 114 Å². The molecule has 1 N–H and O–H groups in total. The highest BCUT2D eigenvalue weighted by Gasteiger charge is 2.36. The van der Waals surface area contributed by atoms with Gasteiger partial charge in [0, 0.05) is 22.5 Å². The zero-order valence-electron chi connectivity index (χ0n) is 20.2. The van der Waals surface area contributed by atoms with Gasteiger partial charge in [0.2, 0.25) is 0 Å². The van der Waals surface area contributed by atoms with Gasteiger partial charge in [0.25, 0.3) is 0 Å². The average molecular weight is 433 g/mol. The molecule has 0 fully saturated rings. The molecule has 33 heavy (non-hydrogen) atoms. The van der Waals surface area contributed by atoms with Crippen molar-refractivity contribution in [3.8, 4) is 0 Å². The van der Waals surface area contributed by atoms with Gasteiger partial charge in [-0.05, 0) is 64.6 Å². The Morgan fingerprint density at radius 3 is 1.94 bits per heavy atom. The normalized spacial score (nSPS) is 14.4. The molecule has 1 aliphatic heterocycles. The lowest BCUT2D eigenvalue weighted by molar-refractivity contribution is 0.590. The second-order valence-electron chi connectivity index (χ2n) is 10.5. The number of rotatable bonds is 3. The number of benzene rings is 4. The van der Waals surface area contributed by atoms with Gasteiger partial charge in [-0.1, -0.05) is 89.2 Å². The number of nitrogens with zero attached hydrogens (tertiary/aromatic N) is 1. The molecule has 5 rings (SSSR count). The summed E-state index contributed by atoms with van der Waals surface area (Å²) < 4.78 is 0. The molecule has 4 aromatic rings. The van der Waals surface area contributed by atoms with E-state index in [9.17, 15) is 0 Å². The molecule has 0 spiro atoms. The van der Waals surface area contributed by atoms with Crippen LogP contribution in [-0.4, -0.2) is 0 Å². The van der Waals surface area contributed by atoms with Crippen LogP contribution in [0.2, 0.25) is 0 Å². The monoisotopic (exact) mass is 432 g/mol. The summed E-state index contributed by atoms with van der Waals surface area (Å²) in [5.74, 6) is 0. The largest absolute Gasteiger partial charge is 0.355 e. The summed E-state index contributed by atoms with van der Waals surface area (Å²) in [5.41, 5.74) is 9.93. The molecule has 0 saturated carbocycles. The Hall–Kier alpha value is -3.52. The van der Waals surface area contributed by atoms with Crippen molar-refractivity contribution in [3.63, 3.8) is 0 Å². The van der Waals surface area contributed by atoms with Gasteiger partial charge in [-0.25, -0.2) is 0 Å². The van der Waals surface area contributed by atoms with Crippen molar-refractivity contribution < 1.29 is 0 Å². The number of hydrogen-bond acceptors (Lipinski definition) is 2. The van der Waals surface area contributed by atoms with Crippen molar-refractivity contribution in [1.82, 2.24) is 0 Å². The van der Waals surface area contributed by atoms with E-state index in [2.05, 4.69) is 142 Å². The molecule has 0 saturated heterocycles. The van der Waals surface area contributed by atoms with E-state index < -0.39 is 0 Å². The third-order valence-electron chi connectivity index (χ3n) is 6.78. The van der Waals surface area contributed by atoms with E-state index in [1.165, 1.54) is 33.8 Å². The molecule has 4 aromatic carbocycles. The van der Waals surface area contributed by atoms with Crippen molar-refractivity contribution >= 4 is 28.4 Å². The second-order valence-corrected chi connectivity index (χ2v) is 10.5. The minimum atomic E-state index is -0.0793. The van der Waals surface area contributed by atoms with Gasteiger partial charge in [-0.2, -0.15) is 0 Å². The molecule has 0 unspecified atom stereocenters. The van der Waals surface area contributed by atoms with Crippen LogP contribution < -0.4 is 10.2 Å². The lowest BCUT2D eigenvalue weighted by Gasteiger charge is -2.42. The van der Waals surface area contributed by atoms with Crippen LogP contribution >= 0.6 is 0 Å². The van der Waals surface area contributed by atoms with Crippen LogP contribution in [0.1, 0.15) is 51.3 Å². The van der Waals surface area contributed by atoms with Gasteiger partial charge in [0.15, 0.2) is 0 Å². The first-order valence-electron chi connectivity index (χ1n) is 11.7. The molecule has 0 bridgehead atoms. The number of anilines is 5. The number of fused-ring (bicyclic) bond motifs is 2. The molecule has 2 heteroatoms. The first-order valence-corrected chi connectivity index (χ1v) is 11.7. The maximum absolute atomic E-state index is 3.63. The zero-order valence-corrected chi connectivity index (χ0v) is 20.2. The molecule has 0 aromatic heterocycles. The maximum atomic E-state index is 3.63. The van der Waals surface area contributed by atoms with Crippen molar-refractivity contribution in [2.75, 3.05) is 10.2 Å². The van der Waals surface area contributed by atoms with E-state index in [1.807, 2.05) is 0 Å². The zero-order chi connectivity index (χ0) is 23.2. The molecule has 0 atom stereocenters. The third kappa shape index (κ3) is 3.80. The predicted octanol–water partition coefficient (Wildman–Crippen LogP) is 8.84. The van der Waals surface area contributed by atoms with E-state index in [0.717, 1.165) is 11.4 Å². The lowest BCUT2D eigenvalue weighted by atomic mass is 9.73. The lowest BCUT2D eigenvalue weighted by Crippen LogP contribution is -2.30. The van der Waals surface area contributed by atoms with Crippen LogP contribution in [0.4, 0.5) is 28.4 Å². The molecule has 0 radical (unpaired) electrons. The highest BCUT2D eigenvalue weighted by Crippen LogP contribution is 2.52. The summed E-state index contributed by atoms with van der Waals surface area (Å²) in [6, 6.07) is 35.0. The van der Waals surface area contributed by atoms with Crippen molar-refractivity contribution in [1.29, 1.82) is 0 Å². The summed E-state index contributed by atoms with van der Waals surface area (Å²) in [6.07, 6.45) is 0. The Kier molecular flexibility index (Phi) is 5.05. The summed E-state index contributed by atoms with van der Waals surface area (Å²) in [4.78, 5) is 2.39. The molecular formula is C31H32N2. The predicted molar refractivity (Wildman–Crippen MR) is 142 cm³/mol. The maximum Gasteiger partial charge on any atom is 0.0523 e. The molecule has 166 valence electrons. The minimum absolute atomic E-state index is 0.0793. The fraction of sp³-hybridized carbons (Fsp3) is 0.226. The first-order chi connectivity index (χ1) is 15.7. The fourth-order valence-electron chi connectivity index (χ4n) is 4.87. The van der Waals surface area contributed by atoms with Crippen LogP contribution in [0.5, 0.6) is 0 Å². The van der Waals surface area contributed by atoms with E-state index in [1.54, 1.807) is 0 Å². The Bertz CT molecular complexity index is 1280. The molecule has 1 aliphatic rings. The Morgan fingerprint density at radius 2 is 1.24 bits per heavy atom. The van der Waals surface area contributed by atoms with E-state index in [4.69, 9.17) is 0 Å². The summed E-state index contributed by atoms with van der Waals surface area (Å²) in [7, 11) is 0. The van der Waals surface area contributed by atoms with Crippen LogP contribution in [0.15, 0.2) is 97.1 Å². The van der Waals surface area contributed by atoms with Crippen molar-refractivity contribution in [2.24, 2.45) is 0 Å². The van der Waals surface area contributed by atoms with Gasteiger partial charge in [-0.3, -0.25) is 0 Å².